The van der Waals surface area contributed by atoms with Crippen LogP contribution in [0.5, 0.6) is 5.75 Å². The van der Waals surface area contributed by atoms with Crippen molar-refractivity contribution in [3.8, 4) is 5.75 Å². The highest BCUT2D eigenvalue weighted by Gasteiger charge is 2.12. The Morgan fingerprint density at radius 2 is 2.25 bits per heavy atom. The highest BCUT2D eigenvalue weighted by molar-refractivity contribution is 5.75. The lowest BCUT2D eigenvalue weighted by Crippen LogP contribution is -2.34. The second-order valence-corrected chi connectivity index (χ2v) is 3.71. The van der Waals surface area contributed by atoms with Gasteiger partial charge >= 0.3 is 5.97 Å². The van der Waals surface area contributed by atoms with Crippen LogP contribution in [0.1, 0.15) is 18.1 Å². The van der Waals surface area contributed by atoms with Crippen molar-refractivity contribution >= 4 is 5.97 Å². The molecule has 0 unspecified atom stereocenters. The van der Waals surface area contributed by atoms with E-state index in [1.807, 2.05) is 25.1 Å². The molecule has 0 aliphatic heterocycles. The summed E-state index contributed by atoms with van der Waals surface area (Å²) in [5.41, 5.74) is 1.60. The molecule has 0 fully saturated rings. The van der Waals surface area contributed by atoms with Crippen molar-refractivity contribution in [1.82, 2.24) is 5.32 Å². The first kappa shape index (κ1) is 12.5. The van der Waals surface area contributed by atoms with E-state index in [0.29, 0.717) is 6.54 Å². The molecule has 0 saturated heterocycles. The number of phenolic OH excluding ortho intramolecular Hbond substituents is 1. The zero-order chi connectivity index (χ0) is 12.1. The van der Waals surface area contributed by atoms with Crippen LogP contribution in [0.2, 0.25) is 0 Å². The fraction of sp³-hybridized carbons (Fsp3) is 0.417. The van der Waals surface area contributed by atoms with Crippen LogP contribution in [-0.2, 0) is 16.1 Å². The molecule has 0 amide bonds. The number of benzene rings is 1. The summed E-state index contributed by atoms with van der Waals surface area (Å²) in [5, 5.41) is 12.7. The second-order valence-electron chi connectivity index (χ2n) is 3.71. The maximum absolute atomic E-state index is 11.1. The Morgan fingerprint density at radius 3 is 2.88 bits per heavy atom. The van der Waals surface area contributed by atoms with Gasteiger partial charge in [0.2, 0.25) is 0 Å². The van der Waals surface area contributed by atoms with E-state index in [2.05, 4.69) is 10.1 Å². The molecular weight excluding hydrogens is 206 g/mol. The number of methoxy groups -OCH3 is 1. The molecule has 0 aliphatic rings. The number of ether oxygens (including phenoxy) is 1. The second kappa shape index (κ2) is 5.51. The molecule has 0 radical (unpaired) electrons. The van der Waals surface area contributed by atoms with Gasteiger partial charge in [0.1, 0.15) is 11.8 Å². The van der Waals surface area contributed by atoms with Crippen molar-refractivity contribution in [2.24, 2.45) is 0 Å². The molecule has 1 aromatic rings. The molecule has 0 spiro atoms. The summed E-state index contributed by atoms with van der Waals surface area (Å²) in [7, 11) is 1.35. The normalized spacial score (nSPS) is 12.2. The van der Waals surface area contributed by atoms with E-state index >= 15 is 0 Å². The Balaban J connectivity index is 2.61. The molecule has 0 aliphatic carbocycles. The van der Waals surface area contributed by atoms with E-state index in [9.17, 15) is 9.90 Å². The number of esters is 1. The molecule has 16 heavy (non-hydrogen) atoms. The highest BCUT2D eigenvalue weighted by atomic mass is 16.5. The number of carbonyl (C=O) groups is 1. The Kier molecular flexibility index (Phi) is 4.31. The average Bonchev–Trinajstić information content (AvgIpc) is 2.29. The van der Waals surface area contributed by atoms with Crippen molar-refractivity contribution in [1.29, 1.82) is 0 Å². The summed E-state index contributed by atoms with van der Waals surface area (Å²) in [6, 6.07) is 5.14. The molecule has 1 atom stereocenters. The van der Waals surface area contributed by atoms with Crippen molar-refractivity contribution in [3.63, 3.8) is 0 Å². The van der Waals surface area contributed by atoms with Crippen LogP contribution in [0, 0.1) is 6.92 Å². The molecule has 1 rings (SSSR count). The first-order valence-corrected chi connectivity index (χ1v) is 5.15. The Morgan fingerprint density at radius 1 is 1.56 bits per heavy atom. The van der Waals surface area contributed by atoms with Crippen LogP contribution in [0.4, 0.5) is 0 Å². The molecule has 1 aromatic carbocycles. The average molecular weight is 223 g/mol. The largest absolute Gasteiger partial charge is 0.507 e. The van der Waals surface area contributed by atoms with Crippen LogP contribution in [0.15, 0.2) is 18.2 Å². The van der Waals surface area contributed by atoms with Crippen LogP contribution >= 0.6 is 0 Å². The van der Waals surface area contributed by atoms with Crippen molar-refractivity contribution in [3.05, 3.63) is 29.3 Å². The van der Waals surface area contributed by atoms with Crippen LogP contribution in [0.3, 0.4) is 0 Å². The molecule has 0 heterocycles. The van der Waals surface area contributed by atoms with Gasteiger partial charge < -0.3 is 15.2 Å². The van der Waals surface area contributed by atoms with Gasteiger partial charge in [0.05, 0.1) is 7.11 Å². The fourth-order valence-corrected chi connectivity index (χ4v) is 1.39. The van der Waals surface area contributed by atoms with E-state index in [4.69, 9.17) is 0 Å². The fourth-order valence-electron chi connectivity index (χ4n) is 1.39. The van der Waals surface area contributed by atoms with E-state index in [1.54, 1.807) is 6.92 Å². The summed E-state index contributed by atoms with van der Waals surface area (Å²) in [6.07, 6.45) is 0. The number of aryl methyl sites for hydroxylation is 1. The summed E-state index contributed by atoms with van der Waals surface area (Å²) < 4.78 is 4.59. The van der Waals surface area contributed by atoms with Crippen molar-refractivity contribution < 1.29 is 14.6 Å². The highest BCUT2D eigenvalue weighted by Crippen LogP contribution is 2.21. The standard InChI is InChI=1S/C12H17NO3/c1-8-5-4-6-10(11(8)14)7-13-9(2)12(15)16-3/h4-6,9,13-14H,7H2,1-3H3/t9-/m0/s1. The molecule has 88 valence electrons. The zero-order valence-electron chi connectivity index (χ0n) is 9.78. The van der Waals surface area contributed by atoms with E-state index in [1.165, 1.54) is 7.11 Å². The summed E-state index contributed by atoms with van der Waals surface area (Å²) >= 11 is 0. The number of carbonyl (C=O) groups excluding carboxylic acids is 1. The minimum absolute atomic E-state index is 0.270. The monoisotopic (exact) mass is 223 g/mol. The third-order valence-corrected chi connectivity index (χ3v) is 2.47. The first-order chi connectivity index (χ1) is 7.56. The van der Waals surface area contributed by atoms with Crippen LogP contribution in [-0.4, -0.2) is 24.2 Å². The SMILES string of the molecule is COC(=O)[C@H](C)NCc1cccc(C)c1O. The predicted molar refractivity (Wildman–Crippen MR) is 61.2 cm³/mol. The molecule has 4 nitrogen and oxygen atoms in total. The lowest BCUT2D eigenvalue weighted by Gasteiger charge is -2.12. The van der Waals surface area contributed by atoms with Gasteiger partial charge in [-0.15, -0.1) is 0 Å². The first-order valence-electron chi connectivity index (χ1n) is 5.15. The third kappa shape index (κ3) is 2.97. The van der Waals surface area contributed by atoms with Gasteiger partial charge in [0.25, 0.3) is 0 Å². The molecular formula is C12H17NO3. The van der Waals surface area contributed by atoms with Gasteiger partial charge in [-0.1, -0.05) is 18.2 Å². The van der Waals surface area contributed by atoms with Gasteiger partial charge in [0, 0.05) is 12.1 Å². The van der Waals surface area contributed by atoms with Gasteiger partial charge in [-0.25, -0.2) is 0 Å². The van der Waals surface area contributed by atoms with Crippen molar-refractivity contribution in [2.45, 2.75) is 26.4 Å². The topological polar surface area (TPSA) is 58.6 Å². The van der Waals surface area contributed by atoms with E-state index in [0.717, 1.165) is 11.1 Å². The van der Waals surface area contributed by atoms with Gasteiger partial charge in [-0.05, 0) is 19.4 Å². The maximum Gasteiger partial charge on any atom is 0.322 e. The number of hydrogen-bond donors (Lipinski definition) is 2. The molecule has 2 N–H and O–H groups in total. The number of phenols is 1. The predicted octanol–water partition coefficient (Wildman–Crippen LogP) is 1.35. The van der Waals surface area contributed by atoms with Crippen LogP contribution in [0.25, 0.3) is 0 Å². The van der Waals surface area contributed by atoms with Gasteiger partial charge in [-0.3, -0.25) is 4.79 Å². The number of nitrogens with one attached hydrogen (secondary N) is 1. The third-order valence-electron chi connectivity index (χ3n) is 2.47. The van der Waals surface area contributed by atoms with E-state index in [-0.39, 0.29) is 17.8 Å². The number of para-hydroxylation sites is 1. The smallest absolute Gasteiger partial charge is 0.322 e. The summed E-state index contributed by atoms with van der Waals surface area (Å²) in [4.78, 5) is 11.1. The Labute approximate surface area is 95.2 Å². The minimum Gasteiger partial charge on any atom is -0.507 e. The molecule has 0 bridgehead atoms. The summed E-state index contributed by atoms with van der Waals surface area (Å²) in [5.74, 6) is -0.0424. The molecule has 4 heteroatoms. The van der Waals surface area contributed by atoms with Crippen molar-refractivity contribution in [2.75, 3.05) is 7.11 Å². The molecule has 0 saturated carbocycles. The molecule has 0 aromatic heterocycles. The van der Waals surface area contributed by atoms with Crippen LogP contribution < -0.4 is 5.32 Å². The Hall–Kier alpha value is -1.55. The number of rotatable bonds is 4. The lowest BCUT2D eigenvalue weighted by molar-refractivity contribution is -0.142. The van der Waals surface area contributed by atoms with E-state index < -0.39 is 0 Å². The zero-order valence-corrected chi connectivity index (χ0v) is 9.78. The maximum atomic E-state index is 11.1. The quantitative estimate of drug-likeness (QED) is 0.756. The van der Waals surface area contributed by atoms with Gasteiger partial charge in [-0.2, -0.15) is 0 Å². The minimum atomic E-state index is -0.384. The summed E-state index contributed by atoms with van der Waals surface area (Å²) in [6.45, 7) is 3.99. The van der Waals surface area contributed by atoms with Gasteiger partial charge in [0.15, 0.2) is 0 Å². The number of aromatic hydroxyl groups is 1. The lowest BCUT2D eigenvalue weighted by atomic mass is 10.1. The number of hydrogen-bond acceptors (Lipinski definition) is 4. The Bertz CT molecular complexity index is 377.